The van der Waals surface area contributed by atoms with Crippen molar-refractivity contribution in [2.24, 2.45) is 0 Å². The number of hydrogen-bond acceptors (Lipinski definition) is 7. The first-order valence-electron chi connectivity index (χ1n) is 9.30. The highest BCUT2D eigenvalue weighted by Gasteiger charge is 2.22. The molecular formula is C21H19N5O2S. The highest BCUT2D eigenvalue weighted by atomic mass is 32.1. The number of nitrogens with zero attached hydrogens (tertiary/aromatic N) is 5. The zero-order valence-corrected chi connectivity index (χ0v) is 16.5. The van der Waals surface area contributed by atoms with Crippen LogP contribution in [-0.4, -0.2) is 41.0 Å². The number of anilines is 1. The van der Waals surface area contributed by atoms with E-state index < -0.39 is 4.92 Å². The lowest BCUT2D eigenvalue weighted by molar-refractivity contribution is -0.385. The summed E-state index contributed by atoms with van der Waals surface area (Å²) in [4.78, 5) is 21.6. The smallest absolute Gasteiger partial charge is 0.289 e. The van der Waals surface area contributed by atoms with Crippen molar-refractivity contribution < 1.29 is 4.92 Å². The van der Waals surface area contributed by atoms with E-state index in [1.54, 1.807) is 0 Å². The second kappa shape index (κ2) is 8.39. The Hall–Kier alpha value is -3.28. The van der Waals surface area contributed by atoms with Crippen LogP contribution in [0.5, 0.6) is 0 Å². The molecule has 1 fully saturated rings. The molecule has 0 bridgehead atoms. The van der Waals surface area contributed by atoms with Crippen molar-refractivity contribution in [2.45, 2.75) is 6.54 Å². The number of nitriles is 1. The Morgan fingerprint density at radius 2 is 1.90 bits per heavy atom. The molecule has 3 aromatic rings. The number of hydrogen-bond donors (Lipinski definition) is 0. The summed E-state index contributed by atoms with van der Waals surface area (Å²) in [5, 5.41) is 20.3. The zero-order valence-electron chi connectivity index (χ0n) is 15.7. The summed E-state index contributed by atoms with van der Waals surface area (Å²) in [6.45, 7) is 4.06. The van der Waals surface area contributed by atoms with Gasteiger partial charge in [-0.25, -0.2) is 4.98 Å². The van der Waals surface area contributed by atoms with Crippen LogP contribution in [0.2, 0.25) is 0 Å². The second-order valence-electron chi connectivity index (χ2n) is 6.83. The minimum absolute atomic E-state index is 0.157. The van der Waals surface area contributed by atoms with Gasteiger partial charge in [0.2, 0.25) is 0 Å². The van der Waals surface area contributed by atoms with Crippen molar-refractivity contribution in [2.75, 3.05) is 31.1 Å². The Labute approximate surface area is 172 Å². The summed E-state index contributed by atoms with van der Waals surface area (Å²) in [7, 11) is 0. The van der Waals surface area contributed by atoms with E-state index in [4.69, 9.17) is 0 Å². The van der Waals surface area contributed by atoms with E-state index in [1.807, 2.05) is 28.4 Å². The fourth-order valence-electron chi connectivity index (χ4n) is 3.44. The lowest BCUT2D eigenvalue weighted by atomic mass is 10.2. The Morgan fingerprint density at radius 1 is 1.14 bits per heavy atom. The van der Waals surface area contributed by atoms with Crippen LogP contribution >= 0.6 is 11.3 Å². The van der Waals surface area contributed by atoms with Crippen molar-refractivity contribution >= 4 is 22.8 Å². The molecule has 29 heavy (non-hydrogen) atoms. The summed E-state index contributed by atoms with van der Waals surface area (Å²) < 4.78 is 0. The molecule has 3 heterocycles. The van der Waals surface area contributed by atoms with Crippen molar-refractivity contribution in [3.05, 3.63) is 75.3 Å². The van der Waals surface area contributed by atoms with Crippen LogP contribution in [0.1, 0.15) is 10.4 Å². The van der Waals surface area contributed by atoms with E-state index in [1.165, 1.54) is 27.6 Å². The Balaban J connectivity index is 1.39. The third kappa shape index (κ3) is 4.26. The molecule has 0 radical (unpaired) electrons. The number of nitro groups is 1. The first-order valence-corrected chi connectivity index (χ1v) is 10.1. The van der Waals surface area contributed by atoms with Crippen LogP contribution in [0.25, 0.3) is 10.4 Å². The van der Waals surface area contributed by atoms with Crippen molar-refractivity contribution in [1.29, 1.82) is 5.26 Å². The summed E-state index contributed by atoms with van der Waals surface area (Å²) >= 11 is 1.81. The Bertz CT molecular complexity index is 1050. The van der Waals surface area contributed by atoms with Crippen molar-refractivity contribution in [3.63, 3.8) is 0 Å². The maximum atomic E-state index is 10.9. The first-order chi connectivity index (χ1) is 14.1. The molecule has 2 aromatic heterocycles. The maximum absolute atomic E-state index is 10.9. The number of rotatable bonds is 5. The third-order valence-corrected chi connectivity index (χ3v) is 6.07. The molecule has 0 atom stereocenters. The molecule has 7 nitrogen and oxygen atoms in total. The molecule has 1 aromatic carbocycles. The maximum Gasteiger partial charge on any atom is 0.289 e. The van der Waals surface area contributed by atoms with Gasteiger partial charge in [-0.3, -0.25) is 15.0 Å². The third-order valence-electron chi connectivity index (χ3n) is 4.95. The Kier molecular flexibility index (Phi) is 5.51. The molecule has 1 aliphatic heterocycles. The van der Waals surface area contributed by atoms with Gasteiger partial charge in [0.15, 0.2) is 0 Å². The molecule has 1 aliphatic rings. The number of benzene rings is 1. The van der Waals surface area contributed by atoms with Crippen molar-refractivity contribution in [1.82, 2.24) is 9.88 Å². The van der Waals surface area contributed by atoms with Crippen LogP contribution in [0.15, 0.2) is 54.7 Å². The van der Waals surface area contributed by atoms with Gasteiger partial charge < -0.3 is 4.90 Å². The van der Waals surface area contributed by atoms with Gasteiger partial charge in [0.25, 0.3) is 5.69 Å². The average molecular weight is 405 g/mol. The van der Waals surface area contributed by atoms with Gasteiger partial charge in [-0.15, -0.1) is 11.3 Å². The molecule has 0 amide bonds. The van der Waals surface area contributed by atoms with E-state index >= 15 is 0 Å². The van der Waals surface area contributed by atoms with Crippen LogP contribution in [-0.2, 0) is 6.54 Å². The normalized spacial score (nSPS) is 14.5. The number of aromatic nitrogens is 1. The molecular weight excluding hydrogens is 386 g/mol. The lowest BCUT2D eigenvalue weighted by Crippen LogP contribution is -2.46. The highest BCUT2D eigenvalue weighted by Crippen LogP contribution is 2.29. The first kappa shape index (κ1) is 19.1. The number of thiophene rings is 1. The Morgan fingerprint density at radius 3 is 2.59 bits per heavy atom. The van der Waals surface area contributed by atoms with E-state index in [2.05, 4.69) is 46.3 Å². The summed E-state index contributed by atoms with van der Waals surface area (Å²) in [5.41, 5.74) is 1.33. The highest BCUT2D eigenvalue weighted by molar-refractivity contribution is 7.15. The fraction of sp³-hybridized carbons (Fsp3) is 0.238. The molecule has 1 saturated heterocycles. The minimum Gasteiger partial charge on any atom is -0.353 e. The lowest BCUT2D eigenvalue weighted by Gasteiger charge is -2.35. The molecule has 0 aliphatic carbocycles. The van der Waals surface area contributed by atoms with Crippen LogP contribution in [0.4, 0.5) is 11.5 Å². The van der Waals surface area contributed by atoms with Gasteiger partial charge in [-0.05, 0) is 17.7 Å². The number of piperazine rings is 1. The van der Waals surface area contributed by atoms with Crippen LogP contribution in [0, 0.1) is 21.4 Å². The van der Waals surface area contributed by atoms with Crippen LogP contribution in [0.3, 0.4) is 0 Å². The molecule has 0 unspecified atom stereocenters. The zero-order chi connectivity index (χ0) is 20.2. The van der Waals surface area contributed by atoms with Gasteiger partial charge >= 0.3 is 0 Å². The molecule has 146 valence electrons. The molecule has 0 saturated carbocycles. The average Bonchev–Trinajstić information content (AvgIpc) is 3.23. The molecule has 4 rings (SSSR count). The second-order valence-corrected chi connectivity index (χ2v) is 8.00. The van der Waals surface area contributed by atoms with Gasteiger partial charge in [0.05, 0.1) is 4.92 Å². The molecule has 8 heteroatoms. The van der Waals surface area contributed by atoms with E-state index in [0.717, 1.165) is 32.7 Å². The van der Waals surface area contributed by atoms with Crippen LogP contribution < -0.4 is 4.90 Å². The predicted molar refractivity (Wildman–Crippen MR) is 113 cm³/mol. The van der Waals surface area contributed by atoms with Gasteiger partial charge in [0, 0.05) is 48.5 Å². The number of pyridine rings is 1. The standard InChI is InChI=1S/C21H19N5O2S/c22-13-17-12-18(26(27)28)14-23-21(17)25-10-8-24(9-11-25)15-19-6-7-20(29-19)16-4-2-1-3-5-16/h1-7,12,14H,8-11,15H2. The van der Waals surface area contributed by atoms with Gasteiger partial charge in [-0.2, -0.15) is 5.26 Å². The summed E-state index contributed by atoms with van der Waals surface area (Å²) in [5.74, 6) is 0.528. The minimum atomic E-state index is -0.527. The molecule has 0 spiro atoms. The SMILES string of the molecule is N#Cc1cc([N+](=O)[O-])cnc1N1CCN(Cc2ccc(-c3ccccc3)s2)CC1. The quantitative estimate of drug-likeness (QED) is 0.472. The van der Waals surface area contributed by atoms with Gasteiger partial charge in [0.1, 0.15) is 23.6 Å². The molecule has 0 N–H and O–H groups in total. The van der Waals surface area contributed by atoms with Crippen molar-refractivity contribution in [3.8, 4) is 16.5 Å². The topological polar surface area (TPSA) is 86.3 Å². The predicted octanol–water partition coefficient (Wildman–Crippen LogP) is 3.91. The summed E-state index contributed by atoms with van der Waals surface area (Å²) in [6, 6.07) is 18.1. The largest absolute Gasteiger partial charge is 0.353 e. The van der Waals surface area contributed by atoms with E-state index in [9.17, 15) is 15.4 Å². The monoisotopic (exact) mass is 405 g/mol. The van der Waals surface area contributed by atoms with Gasteiger partial charge in [-0.1, -0.05) is 30.3 Å². The summed E-state index contributed by atoms with van der Waals surface area (Å²) in [6.07, 6.45) is 1.22. The fourth-order valence-corrected chi connectivity index (χ4v) is 4.49. The van der Waals surface area contributed by atoms with E-state index in [-0.39, 0.29) is 11.3 Å². The van der Waals surface area contributed by atoms with E-state index in [0.29, 0.717) is 5.82 Å².